The van der Waals surface area contributed by atoms with Gasteiger partial charge < -0.3 is 4.57 Å². The van der Waals surface area contributed by atoms with Crippen LogP contribution in [0.25, 0.3) is 11.0 Å². The van der Waals surface area contributed by atoms with Gasteiger partial charge in [-0.15, -0.1) is 0 Å². The first-order valence-electron chi connectivity index (χ1n) is 7.00. The summed E-state index contributed by atoms with van der Waals surface area (Å²) in [6.45, 7) is 2.20. The molecule has 1 aromatic carbocycles. The molecule has 0 amide bonds. The minimum atomic E-state index is 0.667. The van der Waals surface area contributed by atoms with Crippen LogP contribution in [0, 0.1) is 0 Å². The van der Waals surface area contributed by atoms with Gasteiger partial charge in [-0.05, 0) is 30.7 Å². The molecule has 3 heteroatoms. The fourth-order valence-corrected chi connectivity index (χ4v) is 3.75. The first-order chi connectivity index (χ1) is 8.90. The van der Waals surface area contributed by atoms with E-state index in [2.05, 4.69) is 35.8 Å². The molecule has 0 radical (unpaired) electrons. The van der Waals surface area contributed by atoms with Gasteiger partial charge in [0.15, 0.2) is 5.16 Å². The van der Waals surface area contributed by atoms with E-state index in [1.165, 1.54) is 42.8 Å². The molecule has 0 unspecified atom stereocenters. The van der Waals surface area contributed by atoms with E-state index in [0.29, 0.717) is 6.04 Å². The first kappa shape index (κ1) is 12.1. The maximum Gasteiger partial charge on any atom is 0.169 e. The van der Waals surface area contributed by atoms with Crippen LogP contribution in [0.3, 0.4) is 0 Å². The summed E-state index contributed by atoms with van der Waals surface area (Å²) in [4.78, 5) is 4.80. The molecule has 0 N–H and O–H groups in total. The van der Waals surface area contributed by atoms with Crippen molar-refractivity contribution in [2.75, 3.05) is 5.75 Å². The zero-order valence-electron chi connectivity index (χ0n) is 10.9. The molecular formula is C15H20N2S. The Hall–Kier alpha value is -0.960. The number of imidazole rings is 1. The largest absolute Gasteiger partial charge is 0.316 e. The fraction of sp³-hybridized carbons (Fsp3) is 0.533. The second-order valence-electron chi connectivity index (χ2n) is 4.98. The molecule has 1 fully saturated rings. The highest BCUT2D eigenvalue weighted by Gasteiger charge is 2.20. The van der Waals surface area contributed by atoms with Crippen molar-refractivity contribution in [2.45, 2.75) is 50.2 Å². The zero-order chi connectivity index (χ0) is 12.4. The average Bonchev–Trinajstić information content (AvgIpc) is 2.78. The van der Waals surface area contributed by atoms with E-state index in [1.54, 1.807) is 0 Å². The molecule has 96 valence electrons. The van der Waals surface area contributed by atoms with Crippen molar-refractivity contribution in [3.63, 3.8) is 0 Å². The van der Waals surface area contributed by atoms with Gasteiger partial charge in [-0.3, -0.25) is 0 Å². The number of benzene rings is 1. The standard InChI is InChI=1S/C15H20N2S/c1-2-18-15-16-13-10-6-7-11-14(13)17(15)12-8-4-3-5-9-12/h6-7,10-12H,2-5,8-9H2,1H3. The van der Waals surface area contributed by atoms with Gasteiger partial charge in [-0.25, -0.2) is 4.98 Å². The lowest BCUT2D eigenvalue weighted by atomic mass is 9.95. The van der Waals surface area contributed by atoms with Crippen molar-refractivity contribution >= 4 is 22.8 Å². The van der Waals surface area contributed by atoms with Gasteiger partial charge in [-0.2, -0.15) is 0 Å². The Labute approximate surface area is 113 Å². The maximum absolute atomic E-state index is 4.80. The summed E-state index contributed by atoms with van der Waals surface area (Å²) in [7, 11) is 0. The molecule has 1 heterocycles. The molecule has 1 aliphatic carbocycles. The van der Waals surface area contributed by atoms with Crippen LogP contribution in [0.1, 0.15) is 45.1 Å². The third-order valence-electron chi connectivity index (χ3n) is 3.78. The molecule has 1 saturated carbocycles. The van der Waals surface area contributed by atoms with Crippen LogP contribution in [0.5, 0.6) is 0 Å². The number of hydrogen-bond acceptors (Lipinski definition) is 2. The van der Waals surface area contributed by atoms with Crippen LogP contribution in [0.15, 0.2) is 29.4 Å². The number of para-hydroxylation sites is 2. The highest BCUT2D eigenvalue weighted by atomic mass is 32.2. The Bertz CT molecular complexity index is 526. The van der Waals surface area contributed by atoms with Crippen molar-refractivity contribution in [2.24, 2.45) is 0 Å². The summed E-state index contributed by atoms with van der Waals surface area (Å²) in [5.74, 6) is 1.09. The van der Waals surface area contributed by atoms with Gasteiger partial charge in [-0.1, -0.05) is 50.1 Å². The number of aromatic nitrogens is 2. The molecular weight excluding hydrogens is 240 g/mol. The topological polar surface area (TPSA) is 17.8 Å². The molecule has 0 bridgehead atoms. The predicted octanol–water partition coefficient (Wildman–Crippen LogP) is 4.65. The monoisotopic (exact) mass is 260 g/mol. The number of fused-ring (bicyclic) bond motifs is 1. The van der Waals surface area contributed by atoms with Gasteiger partial charge in [0.25, 0.3) is 0 Å². The van der Waals surface area contributed by atoms with E-state index >= 15 is 0 Å². The quantitative estimate of drug-likeness (QED) is 0.747. The highest BCUT2D eigenvalue weighted by Crippen LogP contribution is 2.35. The van der Waals surface area contributed by atoms with Crippen LogP contribution >= 0.6 is 11.8 Å². The summed E-state index contributed by atoms with van der Waals surface area (Å²) in [6, 6.07) is 9.23. The van der Waals surface area contributed by atoms with Gasteiger partial charge in [0.2, 0.25) is 0 Å². The van der Waals surface area contributed by atoms with Crippen LogP contribution in [0.2, 0.25) is 0 Å². The Morgan fingerprint density at radius 2 is 2.00 bits per heavy atom. The molecule has 0 spiro atoms. The summed E-state index contributed by atoms with van der Waals surface area (Å²) in [5, 5.41) is 1.21. The molecule has 0 aliphatic heterocycles. The van der Waals surface area contributed by atoms with Crippen molar-refractivity contribution in [3.8, 4) is 0 Å². The minimum absolute atomic E-state index is 0.667. The smallest absolute Gasteiger partial charge is 0.169 e. The van der Waals surface area contributed by atoms with Gasteiger partial charge in [0, 0.05) is 6.04 Å². The molecule has 1 aliphatic rings. The summed E-state index contributed by atoms with van der Waals surface area (Å²) >= 11 is 1.87. The van der Waals surface area contributed by atoms with E-state index in [0.717, 1.165) is 11.3 Å². The fourth-order valence-electron chi connectivity index (χ4n) is 2.95. The molecule has 0 atom stereocenters. The van der Waals surface area contributed by atoms with E-state index < -0.39 is 0 Å². The van der Waals surface area contributed by atoms with Gasteiger partial charge >= 0.3 is 0 Å². The van der Waals surface area contributed by atoms with Crippen molar-refractivity contribution < 1.29 is 0 Å². The molecule has 3 rings (SSSR count). The van der Waals surface area contributed by atoms with E-state index in [1.807, 2.05) is 11.8 Å². The van der Waals surface area contributed by atoms with Crippen LogP contribution in [0.4, 0.5) is 0 Å². The first-order valence-corrected chi connectivity index (χ1v) is 7.98. The summed E-state index contributed by atoms with van der Waals surface area (Å²) in [6.07, 6.45) is 6.77. The van der Waals surface area contributed by atoms with Gasteiger partial charge in [0.05, 0.1) is 11.0 Å². The normalized spacial score (nSPS) is 17.4. The second kappa shape index (κ2) is 5.35. The van der Waals surface area contributed by atoms with E-state index in [4.69, 9.17) is 4.98 Å². The minimum Gasteiger partial charge on any atom is -0.316 e. The third kappa shape index (κ3) is 2.16. The van der Waals surface area contributed by atoms with Crippen LogP contribution in [-0.4, -0.2) is 15.3 Å². The Morgan fingerprint density at radius 1 is 1.22 bits per heavy atom. The highest BCUT2D eigenvalue weighted by molar-refractivity contribution is 7.99. The second-order valence-corrected chi connectivity index (χ2v) is 6.21. The van der Waals surface area contributed by atoms with Crippen molar-refractivity contribution in [3.05, 3.63) is 24.3 Å². The van der Waals surface area contributed by atoms with E-state index in [-0.39, 0.29) is 0 Å². The summed E-state index contributed by atoms with van der Waals surface area (Å²) < 4.78 is 2.50. The molecule has 0 saturated heterocycles. The number of rotatable bonds is 3. The number of nitrogens with zero attached hydrogens (tertiary/aromatic N) is 2. The van der Waals surface area contributed by atoms with Crippen molar-refractivity contribution in [1.82, 2.24) is 9.55 Å². The average molecular weight is 260 g/mol. The zero-order valence-corrected chi connectivity index (χ0v) is 11.7. The Kier molecular flexibility index (Phi) is 3.59. The number of hydrogen-bond donors (Lipinski definition) is 0. The van der Waals surface area contributed by atoms with Crippen LogP contribution < -0.4 is 0 Å². The predicted molar refractivity (Wildman–Crippen MR) is 78.3 cm³/mol. The van der Waals surface area contributed by atoms with Gasteiger partial charge in [0.1, 0.15) is 0 Å². The maximum atomic E-state index is 4.80. The lowest BCUT2D eigenvalue weighted by Crippen LogP contribution is -2.13. The summed E-state index contributed by atoms with van der Waals surface area (Å²) in [5.41, 5.74) is 2.47. The van der Waals surface area contributed by atoms with E-state index in [9.17, 15) is 0 Å². The Balaban J connectivity index is 2.07. The molecule has 1 aromatic heterocycles. The lowest BCUT2D eigenvalue weighted by molar-refractivity contribution is 0.344. The number of thioether (sulfide) groups is 1. The van der Waals surface area contributed by atoms with Crippen molar-refractivity contribution in [1.29, 1.82) is 0 Å². The third-order valence-corrected chi connectivity index (χ3v) is 4.61. The van der Waals surface area contributed by atoms with Crippen LogP contribution in [-0.2, 0) is 0 Å². The Morgan fingerprint density at radius 3 is 2.78 bits per heavy atom. The molecule has 18 heavy (non-hydrogen) atoms. The molecule has 2 aromatic rings. The SMILES string of the molecule is CCSc1nc2ccccc2n1C1CCCCC1. The lowest BCUT2D eigenvalue weighted by Gasteiger charge is -2.25. The molecule has 2 nitrogen and oxygen atoms in total.